The summed E-state index contributed by atoms with van der Waals surface area (Å²) in [5, 5.41) is 19.9. The summed E-state index contributed by atoms with van der Waals surface area (Å²) in [6.45, 7) is -0.264. The van der Waals surface area contributed by atoms with Gasteiger partial charge in [-0.1, -0.05) is 18.9 Å². The number of nitro groups is 1. The lowest BCUT2D eigenvalue weighted by Crippen LogP contribution is -2.40. The van der Waals surface area contributed by atoms with Gasteiger partial charge in [0.25, 0.3) is 5.69 Å². The molecule has 1 N–H and O–H groups in total. The second-order valence-corrected chi connectivity index (χ2v) is 6.92. The van der Waals surface area contributed by atoms with Crippen LogP contribution in [0.25, 0.3) is 0 Å². The van der Waals surface area contributed by atoms with Gasteiger partial charge in [-0.2, -0.15) is 4.31 Å². The molecule has 21 heavy (non-hydrogen) atoms. The summed E-state index contributed by atoms with van der Waals surface area (Å²) in [5.74, 6) is 0. The minimum atomic E-state index is -3.83. The van der Waals surface area contributed by atoms with Crippen molar-refractivity contribution in [3.63, 3.8) is 0 Å². The Labute approximate surface area is 123 Å². The number of non-ortho nitro benzene ring substituents is 1. The van der Waals surface area contributed by atoms with Gasteiger partial charge < -0.3 is 5.11 Å². The maximum atomic E-state index is 12.7. The molecule has 7 nitrogen and oxygen atoms in total. The molecule has 0 atom stereocenters. The fraction of sp³-hybridized carbons (Fsp3) is 0.538. The largest absolute Gasteiger partial charge is 0.395 e. The summed E-state index contributed by atoms with van der Waals surface area (Å²) in [7, 11) is -3.83. The van der Waals surface area contributed by atoms with Crippen LogP contribution in [0.1, 0.15) is 25.7 Å². The summed E-state index contributed by atoms with van der Waals surface area (Å²) in [5.41, 5.74) is -0.258. The standard InChI is InChI=1S/C13H18N2O5S/c16-9-8-14(11-4-1-2-5-11)21(19,20)13-7-3-6-12(10-13)15(17)18/h3,6-7,10-11,16H,1-2,4-5,8-9H2. The highest BCUT2D eigenvalue weighted by Crippen LogP contribution is 2.29. The molecule has 2 rings (SSSR count). The van der Waals surface area contributed by atoms with Gasteiger partial charge in [0.2, 0.25) is 10.0 Å². The van der Waals surface area contributed by atoms with Crippen LogP contribution >= 0.6 is 0 Å². The van der Waals surface area contributed by atoms with Crippen LogP contribution in [-0.2, 0) is 10.0 Å². The molecule has 1 aliphatic rings. The third-order valence-corrected chi connectivity index (χ3v) is 5.64. The maximum absolute atomic E-state index is 12.7. The quantitative estimate of drug-likeness (QED) is 0.633. The number of nitro benzene ring substituents is 1. The molecule has 0 bridgehead atoms. The number of aliphatic hydroxyl groups excluding tert-OH is 1. The molecule has 0 saturated heterocycles. The lowest BCUT2D eigenvalue weighted by molar-refractivity contribution is -0.385. The Kier molecular flexibility index (Phi) is 4.92. The summed E-state index contributed by atoms with van der Waals surface area (Å²) in [4.78, 5) is 10.1. The van der Waals surface area contributed by atoms with E-state index in [1.165, 1.54) is 22.5 Å². The number of hydrogen-bond donors (Lipinski definition) is 1. The van der Waals surface area contributed by atoms with Crippen LogP contribution in [0.2, 0.25) is 0 Å². The average molecular weight is 314 g/mol. The SMILES string of the molecule is O=[N+]([O-])c1cccc(S(=O)(=O)N(CCO)C2CCCC2)c1. The van der Waals surface area contributed by atoms with Gasteiger partial charge in [-0.3, -0.25) is 10.1 Å². The van der Waals surface area contributed by atoms with Crippen molar-refractivity contribution in [1.82, 2.24) is 4.31 Å². The van der Waals surface area contributed by atoms with Crippen molar-refractivity contribution in [2.24, 2.45) is 0 Å². The van der Waals surface area contributed by atoms with Crippen LogP contribution in [-0.4, -0.2) is 41.9 Å². The maximum Gasteiger partial charge on any atom is 0.270 e. The van der Waals surface area contributed by atoms with Crippen molar-refractivity contribution < 1.29 is 18.4 Å². The van der Waals surface area contributed by atoms with Crippen molar-refractivity contribution in [3.8, 4) is 0 Å². The molecule has 1 aliphatic carbocycles. The van der Waals surface area contributed by atoms with Crippen LogP contribution in [0.4, 0.5) is 5.69 Å². The normalized spacial score (nSPS) is 16.5. The monoisotopic (exact) mass is 314 g/mol. The molecule has 0 aliphatic heterocycles. The molecule has 116 valence electrons. The second-order valence-electron chi connectivity index (χ2n) is 5.03. The molecular formula is C13H18N2O5S. The van der Waals surface area contributed by atoms with E-state index in [1.807, 2.05) is 0 Å². The first-order valence-electron chi connectivity index (χ1n) is 6.84. The average Bonchev–Trinajstić information content (AvgIpc) is 2.98. The molecule has 0 amide bonds. The van der Waals surface area contributed by atoms with Crippen LogP contribution < -0.4 is 0 Å². The van der Waals surface area contributed by atoms with Crippen molar-refractivity contribution in [3.05, 3.63) is 34.4 Å². The molecule has 1 fully saturated rings. The van der Waals surface area contributed by atoms with Gasteiger partial charge in [-0.25, -0.2) is 8.42 Å². The van der Waals surface area contributed by atoms with Crippen LogP contribution in [0.5, 0.6) is 0 Å². The van der Waals surface area contributed by atoms with Crippen molar-refractivity contribution in [2.75, 3.05) is 13.2 Å². The fourth-order valence-electron chi connectivity index (χ4n) is 2.68. The lowest BCUT2D eigenvalue weighted by atomic mass is 10.2. The van der Waals surface area contributed by atoms with Gasteiger partial charge in [0, 0.05) is 24.7 Å². The minimum Gasteiger partial charge on any atom is -0.395 e. The molecule has 0 unspecified atom stereocenters. The Morgan fingerprint density at radius 2 is 2.00 bits per heavy atom. The fourth-order valence-corrected chi connectivity index (χ4v) is 4.40. The summed E-state index contributed by atoms with van der Waals surface area (Å²) in [6, 6.07) is 4.89. The van der Waals surface area contributed by atoms with Crippen molar-refractivity contribution >= 4 is 15.7 Å². The van der Waals surface area contributed by atoms with Gasteiger partial charge in [-0.05, 0) is 18.9 Å². The highest BCUT2D eigenvalue weighted by atomic mass is 32.2. The van der Waals surface area contributed by atoms with Gasteiger partial charge >= 0.3 is 0 Å². The Morgan fingerprint density at radius 3 is 2.57 bits per heavy atom. The molecule has 0 spiro atoms. The van der Waals surface area contributed by atoms with Crippen molar-refractivity contribution in [1.29, 1.82) is 0 Å². The first kappa shape index (κ1) is 15.9. The third kappa shape index (κ3) is 3.39. The molecule has 1 aromatic rings. The van der Waals surface area contributed by atoms with Crippen LogP contribution in [0, 0.1) is 10.1 Å². The van der Waals surface area contributed by atoms with E-state index in [1.54, 1.807) is 0 Å². The Bertz CT molecular complexity index is 611. The molecule has 1 saturated carbocycles. The van der Waals surface area contributed by atoms with E-state index in [0.717, 1.165) is 31.7 Å². The van der Waals surface area contributed by atoms with Crippen molar-refractivity contribution in [2.45, 2.75) is 36.6 Å². The van der Waals surface area contributed by atoms with Crippen LogP contribution in [0.3, 0.4) is 0 Å². The van der Waals surface area contributed by atoms with E-state index in [-0.39, 0.29) is 29.8 Å². The first-order chi connectivity index (χ1) is 9.96. The van der Waals surface area contributed by atoms with E-state index in [2.05, 4.69) is 0 Å². The number of aliphatic hydroxyl groups is 1. The second kappa shape index (κ2) is 6.50. The zero-order valence-corrected chi connectivity index (χ0v) is 12.3. The topological polar surface area (TPSA) is 101 Å². The third-order valence-electron chi connectivity index (χ3n) is 3.69. The van der Waals surface area contributed by atoms with Gasteiger partial charge in [-0.15, -0.1) is 0 Å². The number of nitrogens with zero attached hydrogens (tertiary/aromatic N) is 2. The predicted molar refractivity (Wildman–Crippen MR) is 76.3 cm³/mol. The number of rotatable bonds is 6. The van der Waals surface area contributed by atoms with E-state index >= 15 is 0 Å². The molecule has 0 aromatic heterocycles. The summed E-state index contributed by atoms with van der Waals surface area (Å²) < 4.78 is 26.6. The van der Waals surface area contributed by atoms with Gasteiger partial charge in [0.15, 0.2) is 0 Å². The molecule has 1 aromatic carbocycles. The molecular weight excluding hydrogens is 296 g/mol. The van der Waals surface area contributed by atoms with Gasteiger partial charge in [0.1, 0.15) is 0 Å². The first-order valence-corrected chi connectivity index (χ1v) is 8.28. The lowest BCUT2D eigenvalue weighted by Gasteiger charge is -2.27. The van der Waals surface area contributed by atoms with E-state index in [4.69, 9.17) is 5.11 Å². The highest BCUT2D eigenvalue weighted by molar-refractivity contribution is 7.89. The Hall–Kier alpha value is -1.51. The smallest absolute Gasteiger partial charge is 0.270 e. The Balaban J connectivity index is 2.37. The highest BCUT2D eigenvalue weighted by Gasteiger charge is 2.33. The van der Waals surface area contributed by atoms with E-state index in [9.17, 15) is 18.5 Å². The molecule has 0 heterocycles. The molecule has 8 heteroatoms. The summed E-state index contributed by atoms with van der Waals surface area (Å²) >= 11 is 0. The van der Waals surface area contributed by atoms with E-state index < -0.39 is 14.9 Å². The predicted octanol–water partition coefficient (Wildman–Crippen LogP) is 1.52. The van der Waals surface area contributed by atoms with Gasteiger partial charge in [0.05, 0.1) is 16.4 Å². The summed E-state index contributed by atoms with van der Waals surface area (Å²) in [6.07, 6.45) is 3.43. The number of sulfonamides is 1. The molecule has 0 radical (unpaired) electrons. The van der Waals surface area contributed by atoms with Crippen LogP contribution in [0.15, 0.2) is 29.2 Å². The minimum absolute atomic E-state index is 0.00961. The number of benzene rings is 1. The zero-order chi connectivity index (χ0) is 15.5. The number of hydrogen-bond acceptors (Lipinski definition) is 5. The zero-order valence-electron chi connectivity index (χ0n) is 11.5. The van der Waals surface area contributed by atoms with E-state index in [0.29, 0.717) is 0 Å². The Morgan fingerprint density at radius 1 is 1.33 bits per heavy atom.